The zero-order valence-corrected chi connectivity index (χ0v) is 15.4. The third kappa shape index (κ3) is 3.12. The summed E-state index contributed by atoms with van der Waals surface area (Å²) in [7, 11) is 0. The third-order valence-corrected chi connectivity index (χ3v) is 5.28. The first-order valence-electron chi connectivity index (χ1n) is 9.28. The predicted molar refractivity (Wildman–Crippen MR) is 109 cm³/mol. The van der Waals surface area contributed by atoms with Gasteiger partial charge in [0.05, 0.1) is 16.9 Å². The van der Waals surface area contributed by atoms with Gasteiger partial charge in [0.25, 0.3) is 5.91 Å². The zero-order valence-electron chi connectivity index (χ0n) is 15.4. The lowest BCUT2D eigenvalue weighted by Crippen LogP contribution is -2.16. The molecule has 0 unspecified atom stereocenters. The van der Waals surface area contributed by atoms with Crippen molar-refractivity contribution in [3.8, 4) is 0 Å². The highest BCUT2D eigenvalue weighted by Crippen LogP contribution is 2.33. The molecule has 0 saturated heterocycles. The molecule has 2 aliphatic heterocycles. The fourth-order valence-corrected chi connectivity index (χ4v) is 3.82. The Bertz CT molecular complexity index is 1150. The minimum atomic E-state index is -0.417. The van der Waals surface area contributed by atoms with Gasteiger partial charge in [-0.3, -0.25) is 4.79 Å². The molecule has 4 nitrogen and oxygen atoms in total. The Morgan fingerprint density at radius 1 is 0.966 bits per heavy atom. The van der Waals surface area contributed by atoms with Crippen LogP contribution in [-0.2, 0) is 17.9 Å². The summed E-state index contributed by atoms with van der Waals surface area (Å²) in [6.45, 7) is 1.36. The molecular formula is C23H17F2N3O. The summed E-state index contributed by atoms with van der Waals surface area (Å²) < 4.78 is 28.1. The number of nitrogens with one attached hydrogen (secondary N) is 2. The van der Waals surface area contributed by atoms with E-state index in [-0.39, 0.29) is 11.7 Å². The van der Waals surface area contributed by atoms with Crippen LogP contribution < -0.4 is 15.5 Å². The highest BCUT2D eigenvalue weighted by molar-refractivity contribution is 6.31. The summed E-state index contributed by atoms with van der Waals surface area (Å²) in [6.07, 6.45) is 1.51. The maximum absolute atomic E-state index is 14.8. The van der Waals surface area contributed by atoms with Crippen LogP contribution in [0.2, 0.25) is 0 Å². The van der Waals surface area contributed by atoms with Crippen molar-refractivity contribution in [1.82, 2.24) is 0 Å². The summed E-state index contributed by atoms with van der Waals surface area (Å²) in [5.74, 6) is -1.08. The average Bonchev–Trinajstić information content (AvgIpc) is 3.26. The van der Waals surface area contributed by atoms with Gasteiger partial charge in [0.15, 0.2) is 0 Å². The van der Waals surface area contributed by atoms with Crippen LogP contribution in [0.25, 0.3) is 5.57 Å². The first kappa shape index (κ1) is 17.4. The standard InChI is InChI=1S/C23H17F2N3O/c24-16-5-7-18-19(23(29)27-21(18)9-16)11-26-17-6-8-22(20(25)10-17)28-12-14-3-1-2-4-15(14)13-28/h1-11,26H,12-13H2,(H,27,29)/b19-11+. The third-order valence-electron chi connectivity index (χ3n) is 5.28. The van der Waals surface area contributed by atoms with Gasteiger partial charge in [-0.2, -0.15) is 0 Å². The number of amides is 1. The molecule has 5 rings (SSSR count). The van der Waals surface area contributed by atoms with Gasteiger partial charge in [-0.1, -0.05) is 24.3 Å². The van der Waals surface area contributed by atoms with Crippen LogP contribution in [0.3, 0.4) is 0 Å². The molecular weight excluding hydrogens is 372 g/mol. The van der Waals surface area contributed by atoms with E-state index in [2.05, 4.69) is 22.8 Å². The molecule has 2 heterocycles. The maximum atomic E-state index is 14.8. The van der Waals surface area contributed by atoms with Crippen LogP contribution >= 0.6 is 0 Å². The second-order valence-electron chi connectivity index (χ2n) is 7.14. The SMILES string of the molecule is O=C1Nc2cc(F)ccc2/C1=C\Nc1ccc(N2Cc3ccccc3C2)c(F)c1. The lowest BCUT2D eigenvalue weighted by atomic mass is 10.1. The first-order chi connectivity index (χ1) is 14.1. The molecule has 3 aromatic carbocycles. The monoisotopic (exact) mass is 389 g/mol. The molecule has 3 aromatic rings. The molecule has 0 bridgehead atoms. The van der Waals surface area contributed by atoms with Crippen molar-refractivity contribution >= 4 is 28.5 Å². The minimum absolute atomic E-state index is 0.329. The smallest absolute Gasteiger partial charge is 0.257 e. The largest absolute Gasteiger partial charge is 0.361 e. The van der Waals surface area contributed by atoms with Crippen LogP contribution in [-0.4, -0.2) is 5.91 Å². The van der Waals surface area contributed by atoms with E-state index in [4.69, 9.17) is 0 Å². The molecule has 1 amide bonds. The van der Waals surface area contributed by atoms with E-state index in [1.165, 1.54) is 35.5 Å². The van der Waals surface area contributed by atoms with Gasteiger partial charge in [-0.25, -0.2) is 8.78 Å². The van der Waals surface area contributed by atoms with Gasteiger partial charge in [0.1, 0.15) is 11.6 Å². The summed E-state index contributed by atoms with van der Waals surface area (Å²) in [5, 5.41) is 5.60. The average molecular weight is 389 g/mol. The van der Waals surface area contributed by atoms with Crippen LogP contribution in [0.15, 0.2) is 66.9 Å². The van der Waals surface area contributed by atoms with Gasteiger partial charge in [-0.05, 0) is 47.5 Å². The van der Waals surface area contributed by atoms with E-state index >= 15 is 0 Å². The Hall–Kier alpha value is -3.67. The maximum Gasteiger partial charge on any atom is 0.257 e. The molecule has 6 heteroatoms. The number of anilines is 3. The van der Waals surface area contributed by atoms with E-state index in [0.717, 1.165) is 0 Å². The molecule has 0 atom stereocenters. The number of carbonyl (C=O) groups is 1. The van der Waals surface area contributed by atoms with Gasteiger partial charge in [-0.15, -0.1) is 0 Å². The van der Waals surface area contributed by atoms with Crippen molar-refractivity contribution in [3.05, 3.63) is 95.2 Å². The molecule has 0 aliphatic carbocycles. The van der Waals surface area contributed by atoms with E-state index < -0.39 is 5.82 Å². The van der Waals surface area contributed by atoms with E-state index in [0.29, 0.717) is 41.3 Å². The number of benzene rings is 3. The first-order valence-corrected chi connectivity index (χ1v) is 9.28. The minimum Gasteiger partial charge on any atom is -0.361 e. The number of hydrogen-bond donors (Lipinski definition) is 2. The van der Waals surface area contributed by atoms with E-state index in [9.17, 15) is 13.6 Å². The van der Waals surface area contributed by atoms with E-state index in [1.54, 1.807) is 18.2 Å². The Labute approximate surface area is 166 Å². The lowest BCUT2D eigenvalue weighted by molar-refractivity contribution is -0.110. The number of nitrogens with zero attached hydrogens (tertiary/aromatic N) is 1. The topological polar surface area (TPSA) is 44.4 Å². The molecule has 0 fully saturated rings. The normalized spacial score (nSPS) is 16.0. The molecule has 0 aromatic heterocycles. The fourth-order valence-electron chi connectivity index (χ4n) is 3.82. The van der Waals surface area contributed by atoms with Crippen molar-refractivity contribution in [3.63, 3.8) is 0 Å². The number of rotatable bonds is 3. The second kappa shape index (κ2) is 6.74. The molecule has 0 saturated carbocycles. The second-order valence-corrected chi connectivity index (χ2v) is 7.14. The Morgan fingerprint density at radius 3 is 2.45 bits per heavy atom. The van der Waals surface area contributed by atoms with Crippen LogP contribution in [0, 0.1) is 11.6 Å². The molecule has 0 spiro atoms. The van der Waals surface area contributed by atoms with Crippen LogP contribution in [0.4, 0.5) is 25.8 Å². The summed E-state index contributed by atoms with van der Waals surface area (Å²) in [5.41, 5.74) is 4.90. The quantitative estimate of drug-likeness (QED) is 0.627. The van der Waals surface area contributed by atoms with Gasteiger partial charge >= 0.3 is 0 Å². The molecule has 144 valence electrons. The molecule has 2 aliphatic rings. The Morgan fingerprint density at radius 2 is 1.72 bits per heavy atom. The highest BCUT2D eigenvalue weighted by Gasteiger charge is 2.25. The number of carbonyl (C=O) groups excluding carboxylic acids is 1. The Kier molecular flexibility index (Phi) is 4.05. The van der Waals surface area contributed by atoms with Crippen LogP contribution in [0.5, 0.6) is 0 Å². The van der Waals surface area contributed by atoms with Crippen molar-refractivity contribution in [2.75, 3.05) is 15.5 Å². The lowest BCUT2D eigenvalue weighted by Gasteiger charge is -2.19. The molecule has 2 N–H and O–H groups in total. The summed E-state index contributed by atoms with van der Waals surface area (Å²) >= 11 is 0. The fraction of sp³-hybridized carbons (Fsp3) is 0.0870. The van der Waals surface area contributed by atoms with Gasteiger partial charge in [0, 0.05) is 30.5 Å². The van der Waals surface area contributed by atoms with E-state index in [1.807, 2.05) is 17.0 Å². The number of hydrogen-bond acceptors (Lipinski definition) is 3. The molecule has 0 radical (unpaired) electrons. The van der Waals surface area contributed by atoms with Crippen molar-refractivity contribution in [2.24, 2.45) is 0 Å². The molecule has 29 heavy (non-hydrogen) atoms. The number of halogens is 2. The summed E-state index contributed by atoms with van der Waals surface area (Å²) in [4.78, 5) is 14.1. The summed E-state index contributed by atoms with van der Waals surface area (Å²) in [6, 6.07) is 17.1. The van der Waals surface area contributed by atoms with Crippen molar-refractivity contribution in [2.45, 2.75) is 13.1 Å². The Balaban J connectivity index is 1.36. The number of fused-ring (bicyclic) bond motifs is 2. The van der Waals surface area contributed by atoms with Crippen LogP contribution in [0.1, 0.15) is 16.7 Å². The van der Waals surface area contributed by atoms with Gasteiger partial charge in [0.2, 0.25) is 0 Å². The zero-order chi connectivity index (χ0) is 20.0. The van der Waals surface area contributed by atoms with Crippen molar-refractivity contribution < 1.29 is 13.6 Å². The van der Waals surface area contributed by atoms with Gasteiger partial charge < -0.3 is 15.5 Å². The van der Waals surface area contributed by atoms with Crippen molar-refractivity contribution in [1.29, 1.82) is 0 Å². The highest BCUT2D eigenvalue weighted by atomic mass is 19.1. The predicted octanol–water partition coefficient (Wildman–Crippen LogP) is 4.89.